The number of hydrogen-bond donors (Lipinski definition) is 0. The molecule has 0 amide bonds. The van der Waals surface area contributed by atoms with E-state index in [-0.39, 0.29) is 0 Å². The lowest BCUT2D eigenvalue weighted by molar-refractivity contribution is 1.08. The lowest BCUT2D eigenvalue weighted by Crippen LogP contribution is -1.98. The molecule has 147 heavy (non-hydrogen) atoms. The summed E-state index contributed by atoms with van der Waals surface area (Å²) in [5.41, 5.74) is 31.0. The molecule has 0 aliphatic rings. The van der Waals surface area contributed by atoms with Gasteiger partial charge in [0.1, 0.15) is 11.5 Å². The van der Waals surface area contributed by atoms with Gasteiger partial charge in [0, 0.05) is 186 Å². The highest BCUT2D eigenvalue weighted by Gasteiger charge is 2.32. The fourth-order valence-corrected chi connectivity index (χ4v) is 26.6. The molecule has 0 saturated carbocycles. The minimum absolute atomic E-state index is 0.918. The maximum Gasteiger partial charge on any atom is 0.145 e. The number of fused-ring (bicyclic) bond motifs is 45. The Hall–Kier alpha value is -20.0. The molecule has 0 saturated heterocycles. The third-order valence-corrected chi connectivity index (χ3v) is 32.4. The van der Waals surface area contributed by atoms with Crippen LogP contribution in [0.25, 0.3) is 312 Å². The number of benzene rings is 21. The van der Waals surface area contributed by atoms with E-state index in [9.17, 15) is 0 Å². The number of hydrogen-bond acceptors (Lipinski definition) is 3. The van der Waals surface area contributed by atoms with Crippen LogP contribution in [0.2, 0.25) is 0 Å². The first-order valence-electron chi connectivity index (χ1n) is 50.4. The molecule has 0 unspecified atom stereocenters. The zero-order valence-electron chi connectivity index (χ0n) is 78.9. The Labute approximate surface area is 835 Å². The fourth-order valence-electron chi connectivity index (χ4n) is 26.6. The highest BCUT2D eigenvalue weighted by molar-refractivity contribution is 6.42. The van der Waals surface area contributed by atoms with Crippen molar-refractivity contribution in [2.24, 2.45) is 0 Å². The van der Waals surface area contributed by atoms with Crippen LogP contribution in [-0.4, -0.2) is 55.6 Å². The Kier molecular flexibility index (Phi) is 15.7. The minimum Gasteiger partial charge on any atom is -0.309 e. The monoisotopic (exact) mass is 1870 g/mol. The van der Waals surface area contributed by atoms with Crippen molar-refractivity contribution < 1.29 is 0 Å². The molecule has 0 atom stereocenters. The predicted octanol–water partition coefficient (Wildman–Crippen LogP) is 34.7. The van der Waals surface area contributed by atoms with Gasteiger partial charge < -0.3 is 31.5 Å². The standard InChI is InChI=1S/3C45H26N4/c1-2-13-28(14-3-1)47-36-19-9-6-16-30(36)34-25-41(46-26-40(34)47)48-38-21-11-8-18-32(38)42-39(48)24-35-31-17-7-10-20-37(31)49-44-29-15-5-4-12-27(29)22-23-33(44)43(42)45(35)49;1-2-12-28(13-3-1)48-39-25-29(21-23-32(39)33-17-10-24-46-45(33)48)47-38-19-9-7-16-34(38)41-40(47)26-36-31-15-6-8-18-37(31)49-43-30-14-5-4-11-27(30)20-22-35(43)42(41)44(36)49;1-2-11-28(12-3-1)47-39-21-19-29(24-35(39)32-22-23-46-26-41(32)47)48-38-17-9-7-15-33(38)42-40(48)25-36-31-14-6-8-16-37(31)49-44-30-13-5-4-10-27(30)18-20-34(44)43(42)45(36)49/h3*1-26H. The van der Waals surface area contributed by atoms with Crippen molar-refractivity contribution >= 4 is 278 Å². The lowest BCUT2D eigenvalue weighted by Gasteiger charge is -2.11. The molecule has 0 bridgehead atoms. The molecule has 678 valence electrons. The summed E-state index contributed by atoms with van der Waals surface area (Å²) in [5.74, 6) is 0.918. The van der Waals surface area contributed by atoms with Gasteiger partial charge in [0.05, 0.1) is 123 Å². The summed E-state index contributed by atoms with van der Waals surface area (Å²) in [4.78, 5) is 14.7. The van der Waals surface area contributed by atoms with Gasteiger partial charge >= 0.3 is 0 Å². The van der Waals surface area contributed by atoms with Crippen LogP contribution >= 0.6 is 0 Å². The smallest absolute Gasteiger partial charge is 0.145 e. The molecule has 12 heteroatoms. The van der Waals surface area contributed by atoms with Gasteiger partial charge in [0.15, 0.2) is 0 Å². The van der Waals surface area contributed by atoms with E-state index in [1.165, 1.54) is 244 Å². The molecule has 15 aromatic heterocycles. The van der Waals surface area contributed by atoms with E-state index >= 15 is 0 Å². The summed E-state index contributed by atoms with van der Waals surface area (Å²) in [7, 11) is 0. The number of rotatable bonds is 6. The summed E-state index contributed by atoms with van der Waals surface area (Å²) < 4.78 is 21.9. The maximum absolute atomic E-state index is 5.25. The van der Waals surface area contributed by atoms with Crippen molar-refractivity contribution in [3.63, 3.8) is 0 Å². The number of aromatic nitrogens is 12. The Bertz CT molecular complexity index is 11600. The Morgan fingerprint density at radius 3 is 0.939 bits per heavy atom. The van der Waals surface area contributed by atoms with Crippen LogP contribution in [0.4, 0.5) is 0 Å². The van der Waals surface area contributed by atoms with E-state index in [0.717, 1.165) is 67.4 Å². The first-order valence-corrected chi connectivity index (χ1v) is 50.4. The number of pyridine rings is 3. The van der Waals surface area contributed by atoms with E-state index in [2.05, 4.69) is 495 Å². The van der Waals surface area contributed by atoms with Crippen molar-refractivity contribution in [1.29, 1.82) is 0 Å². The van der Waals surface area contributed by atoms with E-state index in [0.29, 0.717) is 0 Å². The molecule has 0 spiro atoms. The van der Waals surface area contributed by atoms with Gasteiger partial charge in [-0.05, 0) is 168 Å². The van der Waals surface area contributed by atoms with Crippen LogP contribution in [0.5, 0.6) is 0 Å². The predicted molar refractivity (Wildman–Crippen MR) is 615 cm³/mol. The second-order valence-electron chi connectivity index (χ2n) is 39.5. The molecule has 0 aliphatic carbocycles. The molecule has 36 aromatic rings. The van der Waals surface area contributed by atoms with Crippen LogP contribution in [-0.2, 0) is 0 Å². The lowest BCUT2D eigenvalue weighted by atomic mass is 10.00. The summed E-state index contributed by atoms with van der Waals surface area (Å²) in [5, 5.41) is 37.9. The molecule has 36 rings (SSSR count). The van der Waals surface area contributed by atoms with Crippen molar-refractivity contribution in [3.05, 3.63) is 474 Å². The quantitative estimate of drug-likeness (QED) is 0.166. The van der Waals surface area contributed by atoms with Gasteiger partial charge in [-0.25, -0.2) is 9.97 Å². The average Bonchev–Trinajstić information content (AvgIpc) is 1.51. The molecular weight excluding hydrogens is 1790 g/mol. The van der Waals surface area contributed by atoms with E-state index < -0.39 is 0 Å². The normalized spacial score (nSPS) is 12.5. The maximum atomic E-state index is 5.25. The third-order valence-electron chi connectivity index (χ3n) is 32.4. The van der Waals surface area contributed by atoms with Gasteiger partial charge in [-0.1, -0.05) is 297 Å². The largest absolute Gasteiger partial charge is 0.309 e. The minimum atomic E-state index is 0.918. The topological polar surface area (TPSA) is 81.5 Å². The van der Waals surface area contributed by atoms with Crippen LogP contribution in [0.15, 0.2) is 474 Å². The summed E-state index contributed by atoms with van der Waals surface area (Å²) in [6.07, 6.45) is 7.83. The van der Waals surface area contributed by atoms with Gasteiger partial charge in [0.2, 0.25) is 0 Å². The van der Waals surface area contributed by atoms with Crippen molar-refractivity contribution in [1.82, 2.24) is 55.6 Å². The summed E-state index contributed by atoms with van der Waals surface area (Å²) in [6.45, 7) is 0. The number of para-hydroxylation sites is 10. The summed E-state index contributed by atoms with van der Waals surface area (Å²) in [6, 6.07) is 164. The molecule has 21 aromatic carbocycles. The van der Waals surface area contributed by atoms with Gasteiger partial charge in [0.25, 0.3) is 0 Å². The first kappa shape index (κ1) is 78.8. The fraction of sp³-hybridized carbons (Fsp3) is 0. The third kappa shape index (κ3) is 10.5. The second kappa shape index (κ2) is 29.4. The number of nitrogens with zero attached hydrogens (tertiary/aromatic N) is 12. The average molecular weight is 1870 g/mol. The second-order valence-corrected chi connectivity index (χ2v) is 39.5. The van der Waals surface area contributed by atoms with Gasteiger partial charge in [-0.3, -0.25) is 14.1 Å². The Morgan fingerprint density at radius 1 is 0.143 bits per heavy atom. The van der Waals surface area contributed by atoms with E-state index in [1.807, 2.05) is 24.7 Å². The van der Waals surface area contributed by atoms with Crippen LogP contribution < -0.4 is 0 Å². The first-order chi connectivity index (χ1) is 73.0. The van der Waals surface area contributed by atoms with Gasteiger partial charge in [-0.15, -0.1) is 0 Å². The molecule has 0 fully saturated rings. The Morgan fingerprint density at radius 2 is 0.469 bits per heavy atom. The molecule has 0 aliphatic heterocycles. The summed E-state index contributed by atoms with van der Waals surface area (Å²) >= 11 is 0. The SMILES string of the molecule is c1ccc(-n2c3cc(-n4c5ccccc5c5c6c7ccc8ccccc8c7n7c8ccccc8c(cc54)c67)ccc3c3cccnc32)cc1.c1ccc(-n2c3ccc(-n4c5ccccc5c5c6c7ccc8ccccc8c7n7c8ccccc8c(cc54)c67)cc3c3ccncc32)cc1.c1ccc(-n2c3ccccc3c3cc(-n4c5ccccc5c5c6c7ccc8ccccc8c7n7c8ccccc8c(cc54)c67)ncc32)cc1. The zero-order chi connectivity index (χ0) is 95.4. The van der Waals surface area contributed by atoms with E-state index in [1.54, 1.807) is 0 Å². The van der Waals surface area contributed by atoms with Gasteiger partial charge in [-0.2, -0.15) is 0 Å². The van der Waals surface area contributed by atoms with Crippen molar-refractivity contribution in [2.45, 2.75) is 0 Å². The van der Waals surface area contributed by atoms with Crippen LogP contribution in [0.1, 0.15) is 0 Å². The van der Waals surface area contributed by atoms with E-state index in [4.69, 9.17) is 9.97 Å². The molecular formula is C135H78N12. The van der Waals surface area contributed by atoms with Crippen LogP contribution in [0, 0.1) is 0 Å². The molecule has 0 N–H and O–H groups in total. The Balaban J connectivity index is 0.0000000945. The van der Waals surface area contributed by atoms with Crippen LogP contribution in [0.3, 0.4) is 0 Å². The zero-order valence-corrected chi connectivity index (χ0v) is 78.9. The van der Waals surface area contributed by atoms with Crippen molar-refractivity contribution in [2.75, 3.05) is 0 Å². The molecule has 12 nitrogen and oxygen atoms in total. The highest BCUT2D eigenvalue weighted by Crippen LogP contribution is 2.54. The highest BCUT2D eigenvalue weighted by atomic mass is 15.1. The molecule has 15 heterocycles. The van der Waals surface area contributed by atoms with Crippen molar-refractivity contribution in [3.8, 4) is 34.3 Å². The molecule has 0 radical (unpaired) electrons.